The van der Waals surface area contributed by atoms with Gasteiger partial charge in [0.05, 0.1) is 6.20 Å². The summed E-state index contributed by atoms with van der Waals surface area (Å²) in [7, 11) is 1.83. The van der Waals surface area contributed by atoms with Crippen molar-refractivity contribution in [2.24, 2.45) is 7.05 Å². The van der Waals surface area contributed by atoms with Crippen molar-refractivity contribution in [2.75, 3.05) is 5.73 Å². The molecule has 0 saturated carbocycles. The Morgan fingerprint density at radius 1 is 1.59 bits per heavy atom. The Balaban J connectivity index is 1.98. The largest absolute Gasteiger partial charge is 0.384 e. The maximum Gasteiger partial charge on any atom is 0.251 e. The highest BCUT2D eigenvalue weighted by molar-refractivity contribution is 5.94. The number of nitrogens with one attached hydrogen (secondary N) is 1. The molecule has 6 nitrogen and oxygen atoms in total. The molecule has 2 rings (SSSR count). The molecular formula is C11H13N5O. The molecule has 0 aliphatic rings. The molecule has 6 heteroatoms. The minimum atomic E-state index is -0.178. The van der Waals surface area contributed by atoms with Gasteiger partial charge in [-0.1, -0.05) is 0 Å². The van der Waals surface area contributed by atoms with E-state index in [1.54, 1.807) is 23.0 Å². The molecule has 0 spiro atoms. The zero-order valence-electron chi connectivity index (χ0n) is 9.42. The first-order valence-electron chi connectivity index (χ1n) is 5.12. The molecule has 17 heavy (non-hydrogen) atoms. The Morgan fingerprint density at radius 3 is 3.06 bits per heavy atom. The van der Waals surface area contributed by atoms with Crippen molar-refractivity contribution in [3.8, 4) is 0 Å². The fraction of sp³-hybridized carbons (Fsp3) is 0.182. The van der Waals surface area contributed by atoms with E-state index in [0.29, 0.717) is 17.9 Å². The fourth-order valence-electron chi connectivity index (χ4n) is 1.44. The monoisotopic (exact) mass is 231 g/mol. The van der Waals surface area contributed by atoms with Crippen molar-refractivity contribution >= 4 is 11.7 Å². The molecule has 2 aromatic heterocycles. The lowest BCUT2D eigenvalue weighted by Gasteiger charge is -2.03. The van der Waals surface area contributed by atoms with Crippen LogP contribution in [0.3, 0.4) is 0 Å². The van der Waals surface area contributed by atoms with Crippen molar-refractivity contribution < 1.29 is 4.79 Å². The van der Waals surface area contributed by atoms with E-state index in [0.717, 1.165) is 5.56 Å². The lowest BCUT2D eigenvalue weighted by atomic mass is 10.2. The van der Waals surface area contributed by atoms with E-state index in [4.69, 9.17) is 5.73 Å². The molecule has 0 aliphatic carbocycles. The van der Waals surface area contributed by atoms with E-state index in [1.807, 2.05) is 13.2 Å². The van der Waals surface area contributed by atoms with Gasteiger partial charge in [-0.15, -0.1) is 0 Å². The number of aryl methyl sites for hydroxylation is 1. The van der Waals surface area contributed by atoms with Crippen molar-refractivity contribution in [2.45, 2.75) is 6.54 Å². The van der Waals surface area contributed by atoms with Gasteiger partial charge in [0.1, 0.15) is 5.82 Å². The molecule has 0 bridgehead atoms. The normalized spacial score (nSPS) is 10.2. The summed E-state index contributed by atoms with van der Waals surface area (Å²) in [4.78, 5) is 15.6. The van der Waals surface area contributed by atoms with Gasteiger partial charge < -0.3 is 11.1 Å². The van der Waals surface area contributed by atoms with Crippen molar-refractivity contribution in [1.82, 2.24) is 20.1 Å². The summed E-state index contributed by atoms with van der Waals surface area (Å²) in [6, 6.07) is 3.16. The third-order valence-corrected chi connectivity index (χ3v) is 2.25. The number of nitrogens with two attached hydrogens (primary N) is 1. The van der Waals surface area contributed by atoms with E-state index in [-0.39, 0.29) is 5.91 Å². The molecule has 0 aliphatic heterocycles. The number of amides is 1. The van der Waals surface area contributed by atoms with Crippen LogP contribution in [0.2, 0.25) is 0 Å². The molecule has 88 valence electrons. The van der Waals surface area contributed by atoms with Crippen LogP contribution in [-0.2, 0) is 13.6 Å². The summed E-state index contributed by atoms with van der Waals surface area (Å²) < 4.78 is 1.69. The third kappa shape index (κ3) is 2.81. The van der Waals surface area contributed by atoms with Gasteiger partial charge in [0.2, 0.25) is 0 Å². The summed E-state index contributed by atoms with van der Waals surface area (Å²) >= 11 is 0. The molecule has 0 radical (unpaired) electrons. The van der Waals surface area contributed by atoms with E-state index in [9.17, 15) is 4.79 Å². The molecule has 0 fully saturated rings. The van der Waals surface area contributed by atoms with Gasteiger partial charge in [0.25, 0.3) is 5.91 Å². The number of rotatable bonds is 3. The molecule has 3 N–H and O–H groups in total. The zero-order chi connectivity index (χ0) is 12.3. The van der Waals surface area contributed by atoms with Crippen LogP contribution in [0.15, 0.2) is 30.7 Å². The van der Waals surface area contributed by atoms with E-state index in [2.05, 4.69) is 15.4 Å². The topological polar surface area (TPSA) is 85.8 Å². The number of hydrogen-bond donors (Lipinski definition) is 2. The Hall–Kier alpha value is -2.37. The minimum absolute atomic E-state index is 0.178. The quantitative estimate of drug-likeness (QED) is 0.797. The Morgan fingerprint density at radius 2 is 2.41 bits per heavy atom. The van der Waals surface area contributed by atoms with E-state index >= 15 is 0 Å². The molecule has 0 atom stereocenters. The Labute approximate surface area is 98.5 Å². The van der Waals surface area contributed by atoms with Crippen LogP contribution in [-0.4, -0.2) is 20.7 Å². The van der Waals surface area contributed by atoms with Crippen LogP contribution in [0, 0.1) is 0 Å². The highest BCUT2D eigenvalue weighted by atomic mass is 16.1. The lowest BCUT2D eigenvalue weighted by molar-refractivity contribution is 0.0951. The van der Waals surface area contributed by atoms with Gasteiger partial charge in [-0.05, 0) is 12.1 Å². The molecule has 0 unspecified atom stereocenters. The average molecular weight is 231 g/mol. The number of pyridine rings is 1. The summed E-state index contributed by atoms with van der Waals surface area (Å²) in [6.45, 7) is 0.439. The zero-order valence-corrected chi connectivity index (χ0v) is 9.42. The van der Waals surface area contributed by atoms with Crippen LogP contribution in [0.5, 0.6) is 0 Å². The second-order valence-corrected chi connectivity index (χ2v) is 3.67. The maximum absolute atomic E-state index is 11.8. The second-order valence-electron chi connectivity index (χ2n) is 3.67. The van der Waals surface area contributed by atoms with Crippen LogP contribution < -0.4 is 11.1 Å². The van der Waals surface area contributed by atoms with Crippen molar-refractivity contribution in [3.63, 3.8) is 0 Å². The minimum Gasteiger partial charge on any atom is -0.384 e. The van der Waals surface area contributed by atoms with Crippen molar-refractivity contribution in [3.05, 3.63) is 41.9 Å². The SMILES string of the molecule is Cn1cc(CNC(=O)c2ccnc(N)c2)cn1. The number of hydrogen-bond acceptors (Lipinski definition) is 4. The van der Waals surface area contributed by atoms with Gasteiger partial charge in [-0.2, -0.15) is 5.10 Å². The third-order valence-electron chi connectivity index (χ3n) is 2.25. The Kier molecular flexibility index (Phi) is 3.04. The fourth-order valence-corrected chi connectivity index (χ4v) is 1.44. The molecule has 2 heterocycles. The number of carbonyl (C=O) groups excluding carboxylic acids is 1. The number of anilines is 1. The predicted molar refractivity (Wildman–Crippen MR) is 63.0 cm³/mol. The van der Waals surface area contributed by atoms with Gasteiger partial charge in [0, 0.05) is 37.1 Å². The Bertz CT molecular complexity index is 534. The van der Waals surface area contributed by atoms with Crippen LogP contribution >= 0.6 is 0 Å². The maximum atomic E-state index is 11.8. The van der Waals surface area contributed by atoms with Gasteiger partial charge in [0.15, 0.2) is 0 Å². The molecular weight excluding hydrogens is 218 g/mol. The second kappa shape index (κ2) is 4.65. The molecule has 0 saturated heterocycles. The highest BCUT2D eigenvalue weighted by Crippen LogP contribution is 2.03. The lowest BCUT2D eigenvalue weighted by Crippen LogP contribution is -2.22. The number of nitrogen functional groups attached to an aromatic ring is 1. The van der Waals surface area contributed by atoms with Gasteiger partial charge in [-0.25, -0.2) is 4.98 Å². The van der Waals surface area contributed by atoms with Crippen LogP contribution in [0.1, 0.15) is 15.9 Å². The summed E-state index contributed by atoms with van der Waals surface area (Å²) in [5.74, 6) is 0.155. The summed E-state index contributed by atoms with van der Waals surface area (Å²) in [5, 5.41) is 6.80. The standard InChI is InChI=1S/C11H13N5O/c1-16-7-8(6-15-16)5-14-11(17)9-2-3-13-10(12)4-9/h2-4,6-7H,5H2,1H3,(H2,12,13)(H,14,17). The highest BCUT2D eigenvalue weighted by Gasteiger charge is 2.06. The van der Waals surface area contributed by atoms with Crippen molar-refractivity contribution in [1.29, 1.82) is 0 Å². The average Bonchev–Trinajstić information content (AvgIpc) is 2.72. The predicted octanol–water partition coefficient (Wildman–Crippen LogP) is 0.327. The van der Waals surface area contributed by atoms with Crippen LogP contribution in [0.25, 0.3) is 0 Å². The molecule has 1 amide bonds. The van der Waals surface area contributed by atoms with Gasteiger partial charge in [-0.3, -0.25) is 9.48 Å². The first kappa shape index (κ1) is 11.1. The summed E-state index contributed by atoms with van der Waals surface area (Å²) in [6.07, 6.45) is 5.07. The first-order valence-corrected chi connectivity index (χ1v) is 5.12. The number of nitrogens with zero attached hydrogens (tertiary/aromatic N) is 3. The van der Waals surface area contributed by atoms with Gasteiger partial charge >= 0.3 is 0 Å². The molecule has 0 aromatic carbocycles. The van der Waals surface area contributed by atoms with Crippen LogP contribution in [0.4, 0.5) is 5.82 Å². The van der Waals surface area contributed by atoms with E-state index < -0.39 is 0 Å². The van der Waals surface area contributed by atoms with E-state index in [1.165, 1.54) is 6.20 Å². The number of aromatic nitrogens is 3. The summed E-state index contributed by atoms with van der Waals surface area (Å²) in [5.41, 5.74) is 6.95. The number of carbonyl (C=O) groups is 1. The first-order chi connectivity index (χ1) is 8.15. The smallest absolute Gasteiger partial charge is 0.251 e. The molecule has 2 aromatic rings.